The van der Waals surface area contributed by atoms with Gasteiger partial charge in [0, 0.05) is 18.5 Å². The molecule has 2 heterocycles. The Hall–Kier alpha value is -3.41. The molecule has 0 saturated heterocycles. The molecule has 136 valence electrons. The number of halogens is 1. The van der Waals surface area contributed by atoms with E-state index in [1.54, 1.807) is 24.3 Å². The molecule has 5 nitrogen and oxygen atoms in total. The summed E-state index contributed by atoms with van der Waals surface area (Å²) < 4.78 is 18.6. The van der Waals surface area contributed by atoms with Crippen molar-refractivity contribution < 1.29 is 13.6 Å². The van der Waals surface area contributed by atoms with Crippen LogP contribution in [0.5, 0.6) is 0 Å². The Bertz CT molecular complexity index is 1030. The first-order valence-corrected chi connectivity index (χ1v) is 8.77. The van der Waals surface area contributed by atoms with E-state index in [-0.39, 0.29) is 17.5 Å². The number of hydrogen-bond acceptors (Lipinski definition) is 3. The van der Waals surface area contributed by atoms with Crippen LogP contribution in [0.4, 0.5) is 4.39 Å². The molecule has 2 N–H and O–H groups in total. The number of aromatic amines is 1. The molecule has 6 heteroatoms. The van der Waals surface area contributed by atoms with Crippen LogP contribution in [0, 0.1) is 5.82 Å². The van der Waals surface area contributed by atoms with Crippen LogP contribution < -0.4 is 5.32 Å². The van der Waals surface area contributed by atoms with Crippen molar-refractivity contribution in [2.24, 2.45) is 0 Å². The van der Waals surface area contributed by atoms with Gasteiger partial charge in [0.2, 0.25) is 0 Å². The number of benzene rings is 2. The molecule has 2 aromatic carbocycles. The van der Waals surface area contributed by atoms with E-state index >= 15 is 0 Å². The largest absolute Gasteiger partial charge is 0.451 e. The van der Waals surface area contributed by atoms with E-state index in [0.717, 1.165) is 35.3 Å². The van der Waals surface area contributed by atoms with Crippen molar-refractivity contribution >= 4 is 16.9 Å². The van der Waals surface area contributed by atoms with E-state index in [1.807, 2.05) is 24.3 Å². The Morgan fingerprint density at radius 3 is 2.70 bits per heavy atom. The van der Waals surface area contributed by atoms with Crippen molar-refractivity contribution in [1.29, 1.82) is 0 Å². The van der Waals surface area contributed by atoms with Gasteiger partial charge in [-0.3, -0.25) is 4.79 Å². The summed E-state index contributed by atoms with van der Waals surface area (Å²) in [4.78, 5) is 20.0. The quantitative estimate of drug-likeness (QED) is 0.501. The Morgan fingerprint density at radius 2 is 1.89 bits per heavy atom. The van der Waals surface area contributed by atoms with E-state index in [4.69, 9.17) is 4.42 Å². The Labute approximate surface area is 155 Å². The topological polar surface area (TPSA) is 70.9 Å². The SMILES string of the molecule is O=C(NCCCc1nc2ccccc2[nH]1)c1ccc(-c2ccc(F)cc2)o1. The summed E-state index contributed by atoms with van der Waals surface area (Å²) in [7, 11) is 0. The van der Waals surface area contributed by atoms with Crippen molar-refractivity contribution in [3.8, 4) is 11.3 Å². The third kappa shape index (κ3) is 3.89. The summed E-state index contributed by atoms with van der Waals surface area (Å²) in [5.74, 6) is 1.09. The lowest BCUT2D eigenvalue weighted by molar-refractivity contribution is 0.0926. The predicted molar refractivity (Wildman–Crippen MR) is 101 cm³/mol. The lowest BCUT2D eigenvalue weighted by Gasteiger charge is -2.02. The molecule has 0 aliphatic rings. The zero-order chi connectivity index (χ0) is 18.6. The number of carbonyl (C=O) groups excluding carboxylic acids is 1. The van der Waals surface area contributed by atoms with Crippen LogP contribution in [0.1, 0.15) is 22.8 Å². The molecule has 0 aliphatic carbocycles. The van der Waals surface area contributed by atoms with Gasteiger partial charge >= 0.3 is 0 Å². The maximum atomic E-state index is 13.0. The minimum Gasteiger partial charge on any atom is -0.451 e. The fraction of sp³-hybridized carbons (Fsp3) is 0.143. The van der Waals surface area contributed by atoms with Gasteiger partial charge in [-0.05, 0) is 55.0 Å². The number of H-pyrrole nitrogens is 1. The molecule has 1 amide bonds. The van der Waals surface area contributed by atoms with Crippen LogP contribution in [0.25, 0.3) is 22.4 Å². The zero-order valence-corrected chi connectivity index (χ0v) is 14.5. The second-order valence-corrected chi connectivity index (χ2v) is 6.23. The molecular weight excluding hydrogens is 345 g/mol. The molecule has 0 fully saturated rings. The number of para-hydroxylation sites is 2. The summed E-state index contributed by atoms with van der Waals surface area (Å²) in [6.45, 7) is 0.516. The third-order valence-corrected chi connectivity index (χ3v) is 4.27. The average molecular weight is 363 g/mol. The second-order valence-electron chi connectivity index (χ2n) is 6.23. The monoisotopic (exact) mass is 363 g/mol. The standard InChI is InChI=1S/C21H18FN3O2/c22-15-9-7-14(8-10-15)18-11-12-19(27-18)21(26)23-13-3-6-20-24-16-4-1-2-5-17(16)25-20/h1-2,4-5,7-12H,3,6,13H2,(H,23,26)(H,24,25). The first kappa shape index (κ1) is 17.0. The number of aryl methyl sites for hydroxylation is 1. The maximum Gasteiger partial charge on any atom is 0.287 e. The van der Waals surface area contributed by atoms with Crippen LogP contribution >= 0.6 is 0 Å². The summed E-state index contributed by atoms with van der Waals surface area (Å²) >= 11 is 0. The van der Waals surface area contributed by atoms with Crippen LogP contribution in [-0.2, 0) is 6.42 Å². The number of furan rings is 1. The number of amides is 1. The highest BCUT2D eigenvalue weighted by atomic mass is 19.1. The molecule has 0 spiro atoms. The van der Waals surface area contributed by atoms with E-state index in [9.17, 15) is 9.18 Å². The van der Waals surface area contributed by atoms with E-state index < -0.39 is 0 Å². The summed E-state index contributed by atoms with van der Waals surface area (Å²) in [5.41, 5.74) is 2.68. The van der Waals surface area contributed by atoms with Gasteiger partial charge in [-0.1, -0.05) is 12.1 Å². The Balaban J connectivity index is 1.30. The number of nitrogens with one attached hydrogen (secondary N) is 2. The highest BCUT2D eigenvalue weighted by molar-refractivity contribution is 5.92. The Morgan fingerprint density at radius 1 is 1.07 bits per heavy atom. The molecule has 0 aliphatic heterocycles. The Kier molecular flexibility index (Phi) is 4.70. The fourth-order valence-electron chi connectivity index (χ4n) is 2.90. The molecule has 0 saturated carbocycles. The number of rotatable bonds is 6. The minimum absolute atomic E-state index is 0.234. The van der Waals surface area contributed by atoms with Gasteiger partial charge in [-0.2, -0.15) is 0 Å². The number of fused-ring (bicyclic) bond motifs is 1. The molecule has 0 radical (unpaired) electrons. The lowest BCUT2D eigenvalue weighted by atomic mass is 10.2. The van der Waals surface area contributed by atoms with Crippen LogP contribution in [0.2, 0.25) is 0 Å². The smallest absolute Gasteiger partial charge is 0.287 e. The van der Waals surface area contributed by atoms with Crippen LogP contribution in [0.3, 0.4) is 0 Å². The predicted octanol–water partition coefficient (Wildman–Crippen LogP) is 4.32. The van der Waals surface area contributed by atoms with Gasteiger partial charge in [0.25, 0.3) is 5.91 Å². The molecule has 4 aromatic rings. The lowest BCUT2D eigenvalue weighted by Crippen LogP contribution is -2.24. The molecular formula is C21H18FN3O2. The summed E-state index contributed by atoms with van der Waals surface area (Å²) in [5, 5.41) is 2.84. The average Bonchev–Trinajstić information content (AvgIpc) is 3.32. The van der Waals surface area contributed by atoms with Gasteiger partial charge in [-0.25, -0.2) is 9.37 Å². The molecule has 4 rings (SSSR count). The van der Waals surface area contributed by atoms with Gasteiger partial charge < -0.3 is 14.7 Å². The van der Waals surface area contributed by atoms with Gasteiger partial charge in [0.1, 0.15) is 17.4 Å². The van der Waals surface area contributed by atoms with Crippen molar-refractivity contribution in [2.75, 3.05) is 6.54 Å². The highest BCUT2D eigenvalue weighted by Gasteiger charge is 2.12. The minimum atomic E-state index is -0.312. The van der Waals surface area contributed by atoms with Crippen molar-refractivity contribution in [1.82, 2.24) is 15.3 Å². The fourth-order valence-corrected chi connectivity index (χ4v) is 2.90. The van der Waals surface area contributed by atoms with Crippen molar-refractivity contribution in [3.05, 3.63) is 78.1 Å². The normalized spacial score (nSPS) is 11.0. The molecule has 27 heavy (non-hydrogen) atoms. The first-order chi connectivity index (χ1) is 13.2. The third-order valence-electron chi connectivity index (χ3n) is 4.27. The van der Waals surface area contributed by atoms with E-state index in [2.05, 4.69) is 15.3 Å². The number of nitrogens with zero attached hydrogens (tertiary/aromatic N) is 1. The number of carbonyl (C=O) groups is 1. The van der Waals surface area contributed by atoms with Gasteiger partial charge in [-0.15, -0.1) is 0 Å². The van der Waals surface area contributed by atoms with Gasteiger partial charge in [0.15, 0.2) is 5.76 Å². The zero-order valence-electron chi connectivity index (χ0n) is 14.5. The van der Waals surface area contributed by atoms with Crippen molar-refractivity contribution in [2.45, 2.75) is 12.8 Å². The summed E-state index contributed by atoms with van der Waals surface area (Å²) in [6.07, 6.45) is 1.50. The number of aromatic nitrogens is 2. The number of hydrogen-bond donors (Lipinski definition) is 2. The maximum absolute atomic E-state index is 13.0. The molecule has 0 bridgehead atoms. The first-order valence-electron chi connectivity index (χ1n) is 8.77. The van der Waals surface area contributed by atoms with E-state index in [1.165, 1.54) is 12.1 Å². The van der Waals surface area contributed by atoms with Crippen LogP contribution in [0.15, 0.2) is 65.1 Å². The molecule has 2 aromatic heterocycles. The summed E-state index contributed by atoms with van der Waals surface area (Å²) in [6, 6.07) is 17.1. The van der Waals surface area contributed by atoms with Crippen LogP contribution in [-0.4, -0.2) is 22.4 Å². The second kappa shape index (κ2) is 7.45. The van der Waals surface area contributed by atoms with E-state index in [0.29, 0.717) is 12.3 Å². The molecule has 0 unspecified atom stereocenters. The van der Waals surface area contributed by atoms with Gasteiger partial charge in [0.05, 0.1) is 11.0 Å². The van der Waals surface area contributed by atoms with Crippen molar-refractivity contribution in [3.63, 3.8) is 0 Å². The number of imidazole rings is 1. The molecule has 0 atom stereocenters. The highest BCUT2D eigenvalue weighted by Crippen LogP contribution is 2.22.